The third-order valence-electron chi connectivity index (χ3n) is 3.80. The van der Waals surface area contributed by atoms with Gasteiger partial charge in [0.05, 0.1) is 12.9 Å². The number of nitrogens with two attached hydrogens (primary N) is 1. The van der Waals surface area contributed by atoms with Gasteiger partial charge < -0.3 is 20.5 Å². The molecule has 0 aliphatic carbocycles. The van der Waals surface area contributed by atoms with Crippen LogP contribution in [0.4, 0.5) is 4.79 Å². The molecule has 0 aromatic rings. The van der Waals surface area contributed by atoms with E-state index >= 15 is 0 Å². The summed E-state index contributed by atoms with van der Waals surface area (Å²) in [5, 5.41) is 10.4. The van der Waals surface area contributed by atoms with Crippen LogP contribution in [-0.4, -0.2) is 106 Å². The van der Waals surface area contributed by atoms with Gasteiger partial charge >= 0.3 is 13.9 Å². The number of rotatable bonds is 1. The van der Waals surface area contributed by atoms with Crippen LogP contribution in [0.1, 0.15) is 0 Å². The first-order chi connectivity index (χ1) is 10.9. The van der Waals surface area contributed by atoms with Crippen LogP contribution in [0.2, 0.25) is 0 Å². The van der Waals surface area contributed by atoms with E-state index in [9.17, 15) is 19.4 Å². The number of aliphatic hydroxyl groups is 1. The number of aliphatic hydroxyl groups excluding tert-OH is 1. The van der Waals surface area contributed by atoms with Gasteiger partial charge in [-0.25, -0.2) is 9.36 Å². The number of carbonyl (C=O) groups is 1. The molecule has 6 atom stereocenters. The SMILES string of the molecule is NC1=NC(=O)N=C2C1N=CN2[C@@H]1O[C@@H]2COP(=O)(O)O[C@H]2[C@H]1O.[Na]. The van der Waals surface area contributed by atoms with E-state index in [0.29, 0.717) is 0 Å². The van der Waals surface area contributed by atoms with Gasteiger partial charge in [0.2, 0.25) is 0 Å². The molecule has 2 fully saturated rings. The summed E-state index contributed by atoms with van der Waals surface area (Å²) in [7, 11) is -4.22. The summed E-state index contributed by atoms with van der Waals surface area (Å²) >= 11 is 0. The van der Waals surface area contributed by atoms with Crippen LogP contribution in [-0.2, 0) is 18.3 Å². The molecule has 0 saturated carbocycles. The van der Waals surface area contributed by atoms with Crippen LogP contribution in [0, 0.1) is 0 Å². The smallest absolute Gasteiger partial charge is 0.386 e. The Labute approximate surface area is 157 Å². The standard InChI is InChI=1S/C10H12N5O7P.Na/c11-7-4-8(14-10(17)13-7)15(2-12-4)9-5(16)6-3(21-9)1-20-23(18,19)22-6;/h2-6,9,16H,1H2,(H,18,19)(H2,11,13,17);/t3-,4?,5-,6-,9-;/m1./s1. The van der Waals surface area contributed by atoms with Gasteiger partial charge in [-0.1, -0.05) is 0 Å². The fraction of sp³-hybridized carbons (Fsp3) is 0.600. The van der Waals surface area contributed by atoms with Crippen LogP contribution in [0.5, 0.6) is 0 Å². The van der Waals surface area contributed by atoms with Crippen LogP contribution in [0.25, 0.3) is 0 Å². The van der Waals surface area contributed by atoms with Crippen molar-refractivity contribution >= 4 is 61.4 Å². The molecule has 4 N–H and O–H groups in total. The Morgan fingerprint density at radius 1 is 1.42 bits per heavy atom. The molecule has 14 heteroatoms. The minimum atomic E-state index is -4.22. The number of amidine groups is 2. The van der Waals surface area contributed by atoms with E-state index in [1.807, 2.05) is 0 Å². The molecule has 4 heterocycles. The number of amides is 2. The summed E-state index contributed by atoms with van der Waals surface area (Å²) in [6.45, 7) is -0.213. The largest absolute Gasteiger partial charge is 0.472 e. The van der Waals surface area contributed by atoms with Crippen molar-refractivity contribution in [3.05, 3.63) is 0 Å². The number of fused-ring (bicyclic) bond motifs is 2. The van der Waals surface area contributed by atoms with Crippen molar-refractivity contribution in [1.29, 1.82) is 0 Å². The molecule has 12 nitrogen and oxygen atoms in total. The van der Waals surface area contributed by atoms with Gasteiger partial charge in [0.15, 0.2) is 18.1 Å². The first kappa shape index (κ1) is 18.1. The molecule has 1 radical (unpaired) electrons. The predicted octanol–water partition coefficient (Wildman–Crippen LogP) is -2.19. The zero-order chi connectivity index (χ0) is 16.4. The van der Waals surface area contributed by atoms with Crippen molar-refractivity contribution in [3.63, 3.8) is 0 Å². The normalized spacial score (nSPS) is 43.7. The number of ether oxygens (including phenoxy) is 1. The number of carbonyl (C=O) groups excluding carboxylic acids is 1. The molecule has 0 spiro atoms. The summed E-state index contributed by atoms with van der Waals surface area (Å²) in [6, 6.07) is -1.51. The fourth-order valence-corrected chi connectivity index (χ4v) is 3.75. The fourth-order valence-electron chi connectivity index (χ4n) is 2.79. The van der Waals surface area contributed by atoms with E-state index in [2.05, 4.69) is 19.5 Å². The number of aliphatic imine (C=N–C) groups is 3. The first-order valence-electron chi connectivity index (χ1n) is 6.63. The number of phosphoric acid groups is 1. The molecular weight excluding hydrogens is 356 g/mol. The number of phosphoric ester groups is 1. The van der Waals surface area contributed by atoms with Crippen LogP contribution in [0.15, 0.2) is 15.0 Å². The van der Waals surface area contributed by atoms with Crippen molar-refractivity contribution in [1.82, 2.24) is 4.90 Å². The third kappa shape index (κ3) is 2.87. The second-order valence-electron chi connectivity index (χ2n) is 5.25. The topological polar surface area (TPSA) is 169 Å². The van der Waals surface area contributed by atoms with E-state index < -0.39 is 44.4 Å². The molecule has 2 unspecified atom stereocenters. The Bertz CT molecular complexity index is 714. The Hall–Kier alpha value is -0.690. The summed E-state index contributed by atoms with van der Waals surface area (Å²) < 4.78 is 26.6. The molecule has 0 bridgehead atoms. The van der Waals surface area contributed by atoms with E-state index in [4.69, 9.17) is 15.0 Å². The molecule has 4 aliphatic heterocycles. The van der Waals surface area contributed by atoms with Crippen LogP contribution >= 0.6 is 7.82 Å². The van der Waals surface area contributed by atoms with E-state index in [0.717, 1.165) is 0 Å². The second kappa shape index (κ2) is 6.24. The monoisotopic (exact) mass is 368 g/mol. The number of nitrogens with zero attached hydrogens (tertiary/aromatic N) is 4. The van der Waals surface area contributed by atoms with E-state index in [1.165, 1.54) is 11.2 Å². The van der Waals surface area contributed by atoms with Gasteiger partial charge in [-0.15, -0.1) is 0 Å². The van der Waals surface area contributed by atoms with Gasteiger partial charge in [-0.05, 0) is 0 Å². The first-order valence-corrected chi connectivity index (χ1v) is 8.13. The Morgan fingerprint density at radius 2 is 2.17 bits per heavy atom. The number of hydrogen-bond acceptors (Lipinski definition) is 9. The molecule has 125 valence electrons. The maximum Gasteiger partial charge on any atom is 0.472 e. The Kier molecular flexibility index (Phi) is 4.71. The second-order valence-corrected chi connectivity index (χ2v) is 6.66. The van der Waals surface area contributed by atoms with E-state index in [1.54, 1.807) is 0 Å². The maximum absolute atomic E-state index is 11.5. The van der Waals surface area contributed by atoms with Crippen molar-refractivity contribution in [3.8, 4) is 0 Å². The van der Waals surface area contributed by atoms with Gasteiger partial charge in [0.1, 0.15) is 24.1 Å². The summed E-state index contributed by atoms with van der Waals surface area (Å²) in [5.74, 6) is 0.154. The van der Waals surface area contributed by atoms with Gasteiger partial charge in [0.25, 0.3) is 0 Å². The Balaban J connectivity index is 0.00000169. The molecule has 0 aromatic carbocycles. The van der Waals surface area contributed by atoms with E-state index in [-0.39, 0.29) is 47.8 Å². The predicted molar refractivity (Wildman–Crippen MR) is 79.6 cm³/mol. The average Bonchev–Trinajstić information content (AvgIpc) is 3.00. The molecular formula is C10H12N5NaO7P. The number of urea groups is 1. The Morgan fingerprint density at radius 3 is 2.92 bits per heavy atom. The van der Waals surface area contributed by atoms with Gasteiger partial charge in [0, 0.05) is 29.6 Å². The minimum Gasteiger partial charge on any atom is -0.386 e. The quantitative estimate of drug-likeness (QED) is 0.344. The molecule has 24 heavy (non-hydrogen) atoms. The summed E-state index contributed by atoms with van der Waals surface area (Å²) in [4.78, 5) is 33.4. The zero-order valence-electron chi connectivity index (χ0n) is 12.4. The minimum absolute atomic E-state index is 0. The third-order valence-corrected chi connectivity index (χ3v) is 4.79. The summed E-state index contributed by atoms with van der Waals surface area (Å²) in [5.41, 5.74) is 5.65. The summed E-state index contributed by atoms with van der Waals surface area (Å²) in [6.07, 6.45) is -2.79. The molecule has 0 aromatic heterocycles. The zero-order valence-corrected chi connectivity index (χ0v) is 15.3. The van der Waals surface area contributed by atoms with Gasteiger partial charge in [-0.3, -0.25) is 18.9 Å². The molecule has 4 rings (SSSR count). The van der Waals surface area contributed by atoms with Crippen LogP contribution < -0.4 is 5.73 Å². The van der Waals surface area contributed by atoms with Crippen LogP contribution in [0.3, 0.4) is 0 Å². The number of hydrogen-bond donors (Lipinski definition) is 3. The van der Waals surface area contributed by atoms with Crippen molar-refractivity contribution in [2.24, 2.45) is 20.7 Å². The molecule has 2 amide bonds. The maximum atomic E-state index is 11.5. The average molecular weight is 368 g/mol. The van der Waals surface area contributed by atoms with Gasteiger partial charge in [-0.2, -0.15) is 9.98 Å². The molecule has 4 aliphatic rings. The van der Waals surface area contributed by atoms with Crippen molar-refractivity contribution < 1.29 is 33.1 Å². The van der Waals surface area contributed by atoms with Crippen molar-refractivity contribution in [2.75, 3.05) is 6.61 Å². The molecule has 2 saturated heterocycles. The van der Waals surface area contributed by atoms with Crippen molar-refractivity contribution in [2.45, 2.75) is 30.6 Å².